The number of nitrogens with zero attached hydrogens (tertiary/aromatic N) is 1. The Labute approximate surface area is 161 Å². The van der Waals surface area contributed by atoms with Gasteiger partial charge in [0.05, 0.1) is 5.41 Å². The number of ketones is 2. The minimum atomic E-state index is -1.57. The summed E-state index contributed by atoms with van der Waals surface area (Å²) in [5.41, 5.74) is -3.10. The van der Waals surface area contributed by atoms with Gasteiger partial charge in [0.15, 0.2) is 5.78 Å². The molecule has 3 aliphatic rings. The molecule has 1 aliphatic heterocycles. The molecule has 1 saturated heterocycles. The molecule has 152 valence electrons. The van der Waals surface area contributed by atoms with Gasteiger partial charge < -0.3 is 14.7 Å². The number of Topliss-reactive ketones (excluding diaryl/α,β-unsaturated/α-hetero) is 2. The number of carbonyl (C=O) groups excluding carboxylic acids is 3. The number of hydrogen-bond acceptors (Lipinski definition) is 5. The van der Waals surface area contributed by atoms with E-state index in [1.165, 1.54) is 0 Å². The first-order chi connectivity index (χ1) is 12.5. The largest absolute Gasteiger partial charge is 0.444 e. The Morgan fingerprint density at radius 3 is 2.37 bits per heavy atom. The zero-order valence-electron chi connectivity index (χ0n) is 17.0. The van der Waals surface area contributed by atoms with E-state index in [1.54, 1.807) is 4.90 Å². The molecule has 4 unspecified atom stereocenters. The Morgan fingerprint density at radius 1 is 1.11 bits per heavy atom. The second kappa shape index (κ2) is 6.87. The Hall–Kier alpha value is -1.43. The minimum Gasteiger partial charge on any atom is -0.444 e. The molecule has 1 heterocycles. The van der Waals surface area contributed by atoms with Crippen molar-refractivity contribution < 1.29 is 24.2 Å². The van der Waals surface area contributed by atoms with Crippen LogP contribution in [0, 0.1) is 17.3 Å². The number of ether oxygens (including phenoxy) is 1. The summed E-state index contributed by atoms with van der Waals surface area (Å²) in [6, 6.07) is 0. The van der Waals surface area contributed by atoms with Gasteiger partial charge in [0.25, 0.3) is 0 Å². The number of aliphatic hydroxyl groups is 1. The van der Waals surface area contributed by atoms with E-state index >= 15 is 0 Å². The van der Waals surface area contributed by atoms with Crippen molar-refractivity contribution in [2.75, 3.05) is 13.1 Å². The van der Waals surface area contributed by atoms with Gasteiger partial charge in [-0.05, 0) is 64.7 Å². The summed E-state index contributed by atoms with van der Waals surface area (Å²) in [5, 5.41) is 11.5. The third kappa shape index (κ3) is 3.41. The van der Waals surface area contributed by atoms with Crippen LogP contribution in [0.25, 0.3) is 0 Å². The molecule has 1 spiro atoms. The molecule has 6 heteroatoms. The van der Waals surface area contributed by atoms with E-state index in [4.69, 9.17) is 4.74 Å². The number of amides is 1. The molecular weight excluding hydrogens is 346 g/mol. The summed E-state index contributed by atoms with van der Waals surface area (Å²) >= 11 is 0. The van der Waals surface area contributed by atoms with Crippen LogP contribution in [0.5, 0.6) is 0 Å². The van der Waals surface area contributed by atoms with Gasteiger partial charge in [-0.25, -0.2) is 4.79 Å². The van der Waals surface area contributed by atoms with Crippen molar-refractivity contribution >= 4 is 17.7 Å². The van der Waals surface area contributed by atoms with Crippen molar-refractivity contribution in [3.8, 4) is 0 Å². The van der Waals surface area contributed by atoms with E-state index in [0.717, 1.165) is 6.42 Å². The summed E-state index contributed by atoms with van der Waals surface area (Å²) in [6.45, 7) is 8.45. The third-order valence-electron chi connectivity index (χ3n) is 6.66. The first-order valence-electron chi connectivity index (χ1n) is 10.3. The topological polar surface area (TPSA) is 83.9 Å². The first-order valence-corrected chi connectivity index (χ1v) is 10.3. The van der Waals surface area contributed by atoms with Crippen LogP contribution in [0.4, 0.5) is 4.79 Å². The maximum absolute atomic E-state index is 13.2. The standard InChI is InChI=1S/C21H33NO5/c1-14-11-15-13-17(24)21(26)8-6-10-22(18(25)27-19(2,3)4)9-5-7-20(15,21)16(23)12-14/h14-15,26H,5-13H2,1-4H3. The monoisotopic (exact) mass is 379 g/mol. The lowest BCUT2D eigenvalue weighted by Crippen LogP contribution is -2.57. The molecule has 1 amide bonds. The highest BCUT2D eigenvalue weighted by Gasteiger charge is 2.68. The highest BCUT2D eigenvalue weighted by molar-refractivity contribution is 6.01. The summed E-state index contributed by atoms with van der Waals surface area (Å²) in [4.78, 5) is 40.1. The van der Waals surface area contributed by atoms with Crippen LogP contribution in [-0.4, -0.2) is 52.0 Å². The maximum atomic E-state index is 13.2. The van der Waals surface area contributed by atoms with Gasteiger partial charge in [0, 0.05) is 25.9 Å². The van der Waals surface area contributed by atoms with Crippen LogP contribution >= 0.6 is 0 Å². The van der Waals surface area contributed by atoms with E-state index in [-0.39, 0.29) is 35.9 Å². The predicted octanol–water partition coefficient (Wildman–Crippen LogP) is 3.10. The predicted molar refractivity (Wildman–Crippen MR) is 100 cm³/mol. The van der Waals surface area contributed by atoms with Crippen LogP contribution in [0.15, 0.2) is 0 Å². The quantitative estimate of drug-likeness (QED) is 0.699. The molecule has 0 aromatic rings. The second-order valence-electron chi connectivity index (χ2n) is 9.80. The summed E-state index contributed by atoms with van der Waals surface area (Å²) in [6.07, 6.45) is 2.96. The Balaban J connectivity index is 1.85. The van der Waals surface area contributed by atoms with Crippen molar-refractivity contribution in [3.05, 3.63) is 0 Å². The van der Waals surface area contributed by atoms with Gasteiger partial charge in [0.1, 0.15) is 17.0 Å². The summed E-state index contributed by atoms with van der Waals surface area (Å²) < 4.78 is 5.49. The van der Waals surface area contributed by atoms with Gasteiger partial charge in [-0.3, -0.25) is 9.59 Å². The molecule has 2 aliphatic carbocycles. The highest BCUT2D eigenvalue weighted by atomic mass is 16.6. The normalized spacial score (nSPS) is 37.7. The fourth-order valence-electron chi connectivity index (χ4n) is 5.57. The summed E-state index contributed by atoms with van der Waals surface area (Å²) in [5.74, 6) is 0.0551. The lowest BCUT2D eigenvalue weighted by atomic mass is 9.56. The van der Waals surface area contributed by atoms with Crippen molar-refractivity contribution in [1.82, 2.24) is 4.90 Å². The molecule has 0 aromatic heterocycles. The van der Waals surface area contributed by atoms with Crippen molar-refractivity contribution in [1.29, 1.82) is 0 Å². The van der Waals surface area contributed by atoms with Crippen molar-refractivity contribution in [3.63, 3.8) is 0 Å². The second-order valence-corrected chi connectivity index (χ2v) is 9.80. The zero-order valence-corrected chi connectivity index (χ0v) is 17.0. The van der Waals surface area contributed by atoms with Gasteiger partial charge in [0.2, 0.25) is 0 Å². The van der Waals surface area contributed by atoms with Crippen LogP contribution in [-0.2, 0) is 14.3 Å². The first kappa shape index (κ1) is 20.3. The minimum absolute atomic E-state index is 0.0466. The highest BCUT2D eigenvalue weighted by Crippen LogP contribution is 2.59. The SMILES string of the molecule is CC1CC(=O)C23CCCN(C(=O)OC(C)(C)C)CCCC2(O)C(=O)CC3C1. The van der Waals surface area contributed by atoms with E-state index in [0.29, 0.717) is 45.2 Å². The molecule has 1 N–H and O–H groups in total. The van der Waals surface area contributed by atoms with E-state index in [9.17, 15) is 19.5 Å². The number of hydrogen-bond donors (Lipinski definition) is 1. The van der Waals surface area contributed by atoms with Crippen LogP contribution in [0.2, 0.25) is 0 Å². The van der Waals surface area contributed by atoms with Crippen LogP contribution < -0.4 is 0 Å². The van der Waals surface area contributed by atoms with E-state index in [2.05, 4.69) is 0 Å². The average molecular weight is 379 g/mol. The number of rotatable bonds is 0. The van der Waals surface area contributed by atoms with Gasteiger partial charge in [-0.15, -0.1) is 0 Å². The average Bonchev–Trinajstić information content (AvgIpc) is 2.77. The molecule has 0 radical (unpaired) electrons. The van der Waals surface area contributed by atoms with Gasteiger partial charge in [-0.1, -0.05) is 6.92 Å². The molecule has 3 rings (SSSR count). The Bertz CT molecular complexity index is 639. The van der Waals surface area contributed by atoms with Crippen molar-refractivity contribution in [2.24, 2.45) is 17.3 Å². The van der Waals surface area contributed by atoms with Crippen LogP contribution in [0.3, 0.4) is 0 Å². The lowest BCUT2D eigenvalue weighted by Gasteiger charge is -2.47. The molecular formula is C21H33NO5. The van der Waals surface area contributed by atoms with Gasteiger partial charge in [-0.2, -0.15) is 0 Å². The maximum Gasteiger partial charge on any atom is 0.410 e. The molecule has 4 atom stereocenters. The van der Waals surface area contributed by atoms with E-state index < -0.39 is 16.6 Å². The van der Waals surface area contributed by atoms with Crippen LogP contribution in [0.1, 0.15) is 72.6 Å². The molecule has 27 heavy (non-hydrogen) atoms. The Kier molecular flexibility index (Phi) is 5.17. The number of carbonyl (C=O) groups is 3. The smallest absolute Gasteiger partial charge is 0.410 e. The molecule has 0 aromatic carbocycles. The fourth-order valence-corrected chi connectivity index (χ4v) is 5.57. The molecule has 2 saturated carbocycles. The Morgan fingerprint density at radius 2 is 1.74 bits per heavy atom. The molecule has 3 fully saturated rings. The zero-order chi connectivity index (χ0) is 20.0. The van der Waals surface area contributed by atoms with E-state index in [1.807, 2.05) is 27.7 Å². The fraction of sp³-hybridized carbons (Fsp3) is 0.857. The molecule has 6 nitrogen and oxygen atoms in total. The lowest BCUT2D eigenvalue weighted by molar-refractivity contribution is -0.165. The molecule has 0 bridgehead atoms. The third-order valence-corrected chi connectivity index (χ3v) is 6.66. The van der Waals surface area contributed by atoms with Gasteiger partial charge >= 0.3 is 6.09 Å². The summed E-state index contributed by atoms with van der Waals surface area (Å²) in [7, 11) is 0. The van der Waals surface area contributed by atoms with Crippen molar-refractivity contribution in [2.45, 2.75) is 83.8 Å².